The van der Waals surface area contributed by atoms with Crippen molar-refractivity contribution in [2.45, 2.75) is 6.18 Å². The second-order valence-electron chi connectivity index (χ2n) is 4.37. The largest absolute Gasteiger partial charge is 0.502 e. The molecular formula is C14H10F3NO4. The van der Waals surface area contributed by atoms with E-state index < -0.39 is 28.1 Å². The summed E-state index contributed by atoms with van der Waals surface area (Å²) in [6, 6.07) is 6.70. The standard InChI is InChI=1S/C14H10F3NO4/c1-22-13-5-3-8(6-10(13)14(15,16)17)9-2-4-12(19)11(7-9)18(20)21/h2-7,19H,1H3. The summed E-state index contributed by atoms with van der Waals surface area (Å²) in [6.45, 7) is 0. The number of aromatic hydroxyl groups is 1. The van der Waals surface area contributed by atoms with Gasteiger partial charge in [-0.15, -0.1) is 0 Å². The van der Waals surface area contributed by atoms with E-state index in [9.17, 15) is 28.4 Å². The molecule has 0 saturated heterocycles. The van der Waals surface area contributed by atoms with E-state index in [1.54, 1.807) is 0 Å². The third kappa shape index (κ3) is 2.95. The summed E-state index contributed by atoms with van der Waals surface area (Å²) in [4.78, 5) is 9.97. The molecular weight excluding hydrogens is 303 g/mol. The Kier molecular flexibility index (Phi) is 3.94. The lowest BCUT2D eigenvalue weighted by molar-refractivity contribution is -0.385. The SMILES string of the molecule is COc1ccc(-c2ccc(O)c([N+](=O)[O-])c2)cc1C(F)(F)F. The maximum Gasteiger partial charge on any atom is 0.419 e. The van der Waals surface area contributed by atoms with Crippen LogP contribution in [0.4, 0.5) is 18.9 Å². The van der Waals surface area contributed by atoms with Gasteiger partial charge in [-0.2, -0.15) is 13.2 Å². The van der Waals surface area contributed by atoms with Crippen molar-refractivity contribution in [3.8, 4) is 22.6 Å². The van der Waals surface area contributed by atoms with Crippen molar-refractivity contribution in [2.24, 2.45) is 0 Å². The zero-order valence-corrected chi connectivity index (χ0v) is 11.2. The van der Waals surface area contributed by atoms with Gasteiger partial charge in [-0.3, -0.25) is 10.1 Å². The van der Waals surface area contributed by atoms with E-state index in [1.165, 1.54) is 12.1 Å². The summed E-state index contributed by atoms with van der Waals surface area (Å²) < 4.78 is 43.6. The molecule has 0 spiro atoms. The van der Waals surface area contributed by atoms with Crippen LogP contribution in [0, 0.1) is 10.1 Å². The van der Waals surface area contributed by atoms with Crippen LogP contribution in [0.25, 0.3) is 11.1 Å². The molecule has 0 aliphatic heterocycles. The molecule has 8 heteroatoms. The van der Waals surface area contributed by atoms with Crippen molar-refractivity contribution in [3.63, 3.8) is 0 Å². The van der Waals surface area contributed by atoms with Gasteiger partial charge in [0.1, 0.15) is 5.75 Å². The van der Waals surface area contributed by atoms with E-state index in [4.69, 9.17) is 0 Å². The van der Waals surface area contributed by atoms with Gasteiger partial charge in [0, 0.05) is 6.07 Å². The number of phenolic OH excluding ortho intramolecular Hbond substituents is 1. The van der Waals surface area contributed by atoms with Gasteiger partial charge in [-0.1, -0.05) is 12.1 Å². The minimum absolute atomic E-state index is 0.122. The Balaban J connectivity index is 2.59. The molecule has 0 aromatic heterocycles. The van der Waals surface area contributed by atoms with Crippen molar-refractivity contribution < 1.29 is 27.9 Å². The molecule has 0 radical (unpaired) electrons. The van der Waals surface area contributed by atoms with Crippen molar-refractivity contribution >= 4 is 5.69 Å². The predicted octanol–water partition coefficient (Wildman–Crippen LogP) is 3.99. The van der Waals surface area contributed by atoms with E-state index in [-0.39, 0.29) is 16.9 Å². The van der Waals surface area contributed by atoms with Crippen LogP contribution in [0.3, 0.4) is 0 Å². The summed E-state index contributed by atoms with van der Waals surface area (Å²) >= 11 is 0. The van der Waals surface area contributed by atoms with E-state index in [1.807, 2.05) is 0 Å². The highest BCUT2D eigenvalue weighted by Gasteiger charge is 2.34. The van der Waals surface area contributed by atoms with Gasteiger partial charge in [-0.05, 0) is 29.3 Å². The van der Waals surface area contributed by atoms with E-state index >= 15 is 0 Å². The monoisotopic (exact) mass is 313 g/mol. The van der Waals surface area contributed by atoms with E-state index in [2.05, 4.69) is 4.74 Å². The quantitative estimate of drug-likeness (QED) is 0.687. The lowest BCUT2D eigenvalue weighted by Gasteiger charge is -2.13. The number of methoxy groups -OCH3 is 1. The van der Waals surface area contributed by atoms with Gasteiger partial charge < -0.3 is 9.84 Å². The smallest absolute Gasteiger partial charge is 0.419 e. The van der Waals surface area contributed by atoms with E-state index in [0.29, 0.717) is 0 Å². The highest BCUT2D eigenvalue weighted by atomic mass is 19.4. The topological polar surface area (TPSA) is 72.6 Å². The molecule has 1 N–H and O–H groups in total. The molecule has 0 atom stereocenters. The molecule has 0 aliphatic carbocycles. The number of ether oxygens (including phenoxy) is 1. The van der Waals surface area contributed by atoms with Crippen LogP contribution in [-0.4, -0.2) is 17.1 Å². The number of phenols is 1. The lowest BCUT2D eigenvalue weighted by atomic mass is 10.0. The van der Waals surface area contributed by atoms with Gasteiger partial charge in [0.15, 0.2) is 5.75 Å². The average molecular weight is 313 g/mol. The minimum Gasteiger partial charge on any atom is -0.502 e. The number of hydrogen-bond acceptors (Lipinski definition) is 4. The summed E-state index contributed by atoms with van der Waals surface area (Å²) in [5, 5.41) is 20.2. The van der Waals surface area contributed by atoms with Crippen LogP contribution in [-0.2, 0) is 6.18 Å². The molecule has 2 rings (SSSR count). The molecule has 0 heterocycles. The van der Waals surface area contributed by atoms with Crippen LogP contribution in [0.1, 0.15) is 5.56 Å². The molecule has 0 saturated carbocycles. The second kappa shape index (κ2) is 5.55. The van der Waals surface area contributed by atoms with Gasteiger partial charge in [0.25, 0.3) is 0 Å². The third-order valence-corrected chi connectivity index (χ3v) is 3.01. The highest BCUT2D eigenvalue weighted by Crippen LogP contribution is 2.39. The molecule has 0 fully saturated rings. The molecule has 2 aromatic rings. The van der Waals surface area contributed by atoms with Crippen LogP contribution in [0.15, 0.2) is 36.4 Å². The first-order chi connectivity index (χ1) is 10.2. The number of nitro benzene ring substituents is 1. The van der Waals surface area contributed by atoms with Crippen molar-refractivity contribution in [1.82, 2.24) is 0 Å². The van der Waals surface area contributed by atoms with Crippen LogP contribution in [0.5, 0.6) is 11.5 Å². The number of alkyl halides is 3. The molecule has 22 heavy (non-hydrogen) atoms. The average Bonchev–Trinajstić information content (AvgIpc) is 2.46. The maximum absolute atomic E-state index is 13.0. The third-order valence-electron chi connectivity index (χ3n) is 3.01. The summed E-state index contributed by atoms with van der Waals surface area (Å²) in [5.74, 6) is -0.900. The zero-order chi connectivity index (χ0) is 16.5. The Hall–Kier alpha value is -2.77. The van der Waals surface area contributed by atoms with Crippen molar-refractivity contribution in [2.75, 3.05) is 7.11 Å². The first-order valence-electron chi connectivity index (χ1n) is 5.97. The number of hydrogen-bond donors (Lipinski definition) is 1. The Morgan fingerprint density at radius 1 is 1.14 bits per heavy atom. The molecule has 0 bridgehead atoms. The first kappa shape index (κ1) is 15.6. The lowest BCUT2D eigenvalue weighted by Crippen LogP contribution is -2.07. The molecule has 2 aromatic carbocycles. The van der Waals surface area contributed by atoms with Crippen LogP contribution < -0.4 is 4.74 Å². The fraction of sp³-hybridized carbons (Fsp3) is 0.143. The van der Waals surface area contributed by atoms with Crippen LogP contribution >= 0.6 is 0 Å². The number of halogens is 3. The number of nitrogens with zero attached hydrogens (tertiary/aromatic N) is 1. The van der Waals surface area contributed by atoms with E-state index in [0.717, 1.165) is 31.4 Å². The summed E-state index contributed by atoms with van der Waals surface area (Å²) in [7, 11) is 1.12. The number of benzene rings is 2. The molecule has 0 aliphatic rings. The fourth-order valence-corrected chi connectivity index (χ4v) is 1.96. The van der Waals surface area contributed by atoms with Crippen molar-refractivity contribution in [3.05, 3.63) is 52.1 Å². The van der Waals surface area contributed by atoms with Gasteiger partial charge >= 0.3 is 11.9 Å². The van der Waals surface area contributed by atoms with Crippen LogP contribution in [0.2, 0.25) is 0 Å². The molecule has 0 unspecified atom stereocenters. The summed E-state index contributed by atoms with van der Waals surface area (Å²) in [5.41, 5.74) is -1.26. The number of nitro groups is 1. The highest BCUT2D eigenvalue weighted by molar-refractivity contribution is 5.70. The number of rotatable bonds is 3. The van der Waals surface area contributed by atoms with Gasteiger partial charge in [0.05, 0.1) is 17.6 Å². The zero-order valence-electron chi connectivity index (χ0n) is 11.2. The maximum atomic E-state index is 13.0. The Labute approximate surface area is 122 Å². The van der Waals surface area contributed by atoms with Crippen molar-refractivity contribution in [1.29, 1.82) is 0 Å². The Bertz CT molecular complexity index is 729. The van der Waals surface area contributed by atoms with Gasteiger partial charge in [0.2, 0.25) is 0 Å². The van der Waals surface area contributed by atoms with Gasteiger partial charge in [-0.25, -0.2) is 0 Å². The first-order valence-corrected chi connectivity index (χ1v) is 5.97. The molecule has 5 nitrogen and oxygen atoms in total. The minimum atomic E-state index is -4.62. The fourth-order valence-electron chi connectivity index (χ4n) is 1.96. The predicted molar refractivity (Wildman–Crippen MR) is 71.8 cm³/mol. The molecule has 116 valence electrons. The Morgan fingerprint density at radius 3 is 2.27 bits per heavy atom. The summed E-state index contributed by atoms with van der Waals surface area (Å²) in [6.07, 6.45) is -4.62. The second-order valence-corrected chi connectivity index (χ2v) is 4.37. The normalized spacial score (nSPS) is 11.3. The molecule has 0 amide bonds. The Morgan fingerprint density at radius 2 is 1.73 bits per heavy atom.